The molecule has 2 aromatic heterocycles. The molecule has 0 aliphatic carbocycles. The molecular weight excluding hydrogens is 653 g/mol. The maximum atomic E-state index is 11.5. The summed E-state index contributed by atoms with van der Waals surface area (Å²) in [6, 6.07) is 11.9. The van der Waals surface area contributed by atoms with E-state index < -0.39 is 0 Å². The first kappa shape index (κ1) is 34.0. The Morgan fingerprint density at radius 1 is 0.875 bits per heavy atom. The highest BCUT2D eigenvalue weighted by atomic mass is 35.5. The van der Waals surface area contributed by atoms with Crippen molar-refractivity contribution in [2.75, 3.05) is 41.0 Å². The third-order valence-corrected chi connectivity index (χ3v) is 9.64. The third kappa shape index (κ3) is 7.40. The number of aromatic nitrogens is 4. The van der Waals surface area contributed by atoms with Crippen molar-refractivity contribution in [3.05, 3.63) is 70.2 Å². The Hall–Kier alpha value is -3.87. The van der Waals surface area contributed by atoms with E-state index in [4.69, 9.17) is 52.4 Å². The number of nitrogens with zero attached hydrogens (tertiary/aromatic N) is 5. The van der Waals surface area contributed by atoms with Crippen LogP contribution in [0, 0.1) is 0 Å². The van der Waals surface area contributed by atoms with Crippen LogP contribution in [0.3, 0.4) is 0 Å². The lowest BCUT2D eigenvalue weighted by molar-refractivity contribution is -0.119. The van der Waals surface area contributed by atoms with Crippen molar-refractivity contribution in [3.63, 3.8) is 0 Å². The number of hydrogen-bond donors (Lipinski definition) is 2. The van der Waals surface area contributed by atoms with Gasteiger partial charge in [0.05, 0.1) is 54.7 Å². The zero-order valence-corrected chi connectivity index (χ0v) is 28.8. The molecule has 0 spiro atoms. The summed E-state index contributed by atoms with van der Waals surface area (Å²) >= 11 is 14.1. The van der Waals surface area contributed by atoms with Gasteiger partial charge in [0, 0.05) is 67.5 Å². The molecule has 0 radical (unpaired) electrons. The summed E-state index contributed by atoms with van der Waals surface area (Å²) in [4.78, 5) is 32.8. The van der Waals surface area contributed by atoms with Crippen LogP contribution in [0.5, 0.6) is 11.8 Å². The van der Waals surface area contributed by atoms with E-state index in [1.54, 1.807) is 33.7 Å². The summed E-state index contributed by atoms with van der Waals surface area (Å²) in [6.07, 6.45) is 7.02. The second kappa shape index (κ2) is 15.6. The number of nitrogens with one attached hydrogen (secondary N) is 2. The molecule has 48 heavy (non-hydrogen) atoms. The number of ether oxygens (including phenoxy) is 3. The summed E-state index contributed by atoms with van der Waals surface area (Å²) in [7, 11) is 4.90. The summed E-state index contributed by atoms with van der Waals surface area (Å²) in [5, 5.41) is 7.26. The van der Waals surface area contributed by atoms with Crippen LogP contribution in [0.4, 0.5) is 0 Å². The molecule has 2 atom stereocenters. The van der Waals surface area contributed by atoms with E-state index in [9.17, 15) is 4.79 Å². The number of carbonyl (C=O) groups excluding carboxylic acids is 1. The van der Waals surface area contributed by atoms with Crippen molar-refractivity contribution in [1.29, 1.82) is 0 Å². The smallest absolute Gasteiger partial charge is 0.237 e. The van der Waals surface area contributed by atoms with Crippen molar-refractivity contribution < 1.29 is 19.0 Å². The van der Waals surface area contributed by atoms with Gasteiger partial charge in [-0.1, -0.05) is 59.6 Å². The Bertz CT molecular complexity index is 1780. The Kier molecular flexibility index (Phi) is 11.0. The van der Waals surface area contributed by atoms with E-state index >= 15 is 0 Å². The summed E-state index contributed by atoms with van der Waals surface area (Å²) in [6.45, 7) is 3.39. The highest BCUT2D eigenvalue weighted by molar-refractivity contribution is 6.39. The van der Waals surface area contributed by atoms with E-state index in [0.29, 0.717) is 88.7 Å². The molecule has 2 N–H and O–H groups in total. The van der Waals surface area contributed by atoms with Gasteiger partial charge in [-0.05, 0) is 25.8 Å². The topological polar surface area (TPSA) is 124 Å². The number of likely N-dealkylation sites (tertiary alicyclic amines) is 1. The zero-order chi connectivity index (χ0) is 33.6. The maximum absolute atomic E-state index is 11.5. The number of methoxy groups -OCH3 is 3. The monoisotopic (exact) mass is 691 g/mol. The van der Waals surface area contributed by atoms with E-state index in [1.165, 1.54) is 0 Å². The molecule has 2 saturated heterocycles. The normalized spacial score (nSPS) is 17.9. The molecule has 2 aliphatic rings. The molecule has 11 nitrogen and oxygen atoms in total. The second-order valence-electron chi connectivity index (χ2n) is 11.9. The fraction of sp³-hybridized carbons (Fsp3) is 0.400. The first-order valence-electron chi connectivity index (χ1n) is 16.0. The van der Waals surface area contributed by atoms with Crippen LogP contribution in [0.2, 0.25) is 10.0 Å². The lowest BCUT2D eigenvalue weighted by Crippen LogP contribution is -2.35. The van der Waals surface area contributed by atoms with E-state index in [0.717, 1.165) is 42.6 Å². The van der Waals surface area contributed by atoms with E-state index in [-0.39, 0.29) is 11.9 Å². The average Bonchev–Trinajstić information content (AvgIpc) is 3.73. The fourth-order valence-corrected chi connectivity index (χ4v) is 7.01. The minimum atomic E-state index is 0.0865. The van der Waals surface area contributed by atoms with Crippen molar-refractivity contribution in [2.24, 2.45) is 0 Å². The molecule has 2 aliphatic heterocycles. The maximum Gasteiger partial charge on any atom is 0.237 e. The second-order valence-corrected chi connectivity index (χ2v) is 12.7. The molecule has 2 aromatic carbocycles. The molecular formula is C35H39Cl2N7O4. The quantitative estimate of drug-likeness (QED) is 0.184. The van der Waals surface area contributed by atoms with E-state index in [1.807, 2.05) is 36.4 Å². The minimum Gasteiger partial charge on any atom is -0.480 e. The average molecular weight is 693 g/mol. The van der Waals surface area contributed by atoms with Crippen LogP contribution in [0.15, 0.2) is 48.8 Å². The van der Waals surface area contributed by atoms with Gasteiger partial charge in [-0.3, -0.25) is 19.7 Å². The SMILES string of the molecule is COC[C@@H]1CCCN1Cc1ncc(-c2cccc(-c3cccc(-c4cnc(CNC[C@@H]5CCC(=O)N5)c(OC)n4)c3Cl)c2Cl)nc1OC. The van der Waals surface area contributed by atoms with Crippen LogP contribution in [-0.4, -0.2) is 83.9 Å². The first-order valence-corrected chi connectivity index (χ1v) is 16.8. The van der Waals surface area contributed by atoms with Gasteiger partial charge in [0.2, 0.25) is 17.7 Å². The van der Waals surface area contributed by atoms with Crippen LogP contribution in [0.1, 0.15) is 37.1 Å². The largest absolute Gasteiger partial charge is 0.480 e. The Morgan fingerprint density at radius 3 is 2.06 bits per heavy atom. The van der Waals surface area contributed by atoms with Gasteiger partial charge >= 0.3 is 0 Å². The third-order valence-electron chi connectivity index (χ3n) is 8.83. The van der Waals surface area contributed by atoms with Crippen molar-refractivity contribution >= 4 is 29.1 Å². The predicted octanol–water partition coefficient (Wildman–Crippen LogP) is 5.57. The number of hydrogen-bond acceptors (Lipinski definition) is 10. The molecule has 13 heteroatoms. The van der Waals surface area contributed by atoms with Crippen LogP contribution >= 0.6 is 23.2 Å². The highest BCUT2D eigenvalue weighted by Crippen LogP contribution is 2.42. The molecule has 2 fully saturated rings. The fourth-order valence-electron chi connectivity index (χ4n) is 6.36. The van der Waals surface area contributed by atoms with Gasteiger partial charge in [-0.25, -0.2) is 9.97 Å². The van der Waals surface area contributed by atoms with Crippen molar-refractivity contribution in [3.8, 4) is 45.4 Å². The zero-order valence-electron chi connectivity index (χ0n) is 27.3. The molecule has 1 amide bonds. The molecule has 4 heterocycles. The van der Waals surface area contributed by atoms with Gasteiger partial charge in [-0.15, -0.1) is 0 Å². The van der Waals surface area contributed by atoms with Gasteiger partial charge < -0.3 is 24.8 Å². The molecule has 252 valence electrons. The van der Waals surface area contributed by atoms with Gasteiger partial charge in [0.1, 0.15) is 11.4 Å². The summed E-state index contributed by atoms with van der Waals surface area (Å²) in [5.74, 6) is 0.948. The lowest BCUT2D eigenvalue weighted by Gasteiger charge is -2.24. The number of rotatable bonds is 13. The number of amides is 1. The molecule has 6 rings (SSSR count). The number of carbonyl (C=O) groups is 1. The Labute approximate surface area is 290 Å². The van der Waals surface area contributed by atoms with E-state index in [2.05, 4.69) is 20.5 Å². The van der Waals surface area contributed by atoms with Crippen LogP contribution < -0.4 is 20.1 Å². The van der Waals surface area contributed by atoms with Gasteiger partial charge in [-0.2, -0.15) is 0 Å². The molecule has 4 aromatic rings. The van der Waals surface area contributed by atoms with Crippen molar-refractivity contribution in [1.82, 2.24) is 35.5 Å². The summed E-state index contributed by atoms with van der Waals surface area (Å²) < 4.78 is 16.7. The Morgan fingerprint density at radius 2 is 1.48 bits per heavy atom. The van der Waals surface area contributed by atoms with Gasteiger partial charge in [0.25, 0.3) is 0 Å². The first-order chi connectivity index (χ1) is 23.4. The molecule has 0 bridgehead atoms. The van der Waals surface area contributed by atoms with Crippen molar-refractivity contribution in [2.45, 2.75) is 50.9 Å². The standard InChI is InChI=1S/C35H39Cl2N7O4/c1-46-20-22-7-6-14-44(22)19-30-35(48-3)43-28(18-40-30)26-11-5-9-24(33(26)37)23-8-4-10-25(32(23)36)27-17-39-29(34(42-27)47-2)16-38-15-21-12-13-31(45)41-21/h4-5,8-11,17-18,21-22,38H,6-7,12-16,19-20H2,1-3H3,(H,41,45)/t21-,22-/m0/s1. The highest BCUT2D eigenvalue weighted by Gasteiger charge is 2.27. The van der Waals surface area contributed by atoms with Gasteiger partial charge in [0.15, 0.2) is 0 Å². The Balaban J connectivity index is 1.24. The predicted molar refractivity (Wildman–Crippen MR) is 185 cm³/mol. The van der Waals surface area contributed by atoms with Crippen LogP contribution in [-0.2, 0) is 22.6 Å². The van der Waals surface area contributed by atoms with Crippen LogP contribution in [0.25, 0.3) is 33.6 Å². The summed E-state index contributed by atoms with van der Waals surface area (Å²) in [5.41, 5.74) is 5.47. The molecule has 0 unspecified atom stereocenters. The number of halogens is 2. The molecule has 0 saturated carbocycles. The minimum absolute atomic E-state index is 0.0865. The lowest BCUT2D eigenvalue weighted by atomic mass is 9.98. The number of benzene rings is 2.